The fraction of sp³-hybridized carbons (Fsp3) is 0.364. The van der Waals surface area contributed by atoms with Gasteiger partial charge < -0.3 is 15.2 Å². The van der Waals surface area contributed by atoms with Crippen molar-refractivity contribution in [2.24, 2.45) is 0 Å². The van der Waals surface area contributed by atoms with Crippen molar-refractivity contribution in [3.63, 3.8) is 0 Å². The van der Waals surface area contributed by atoms with Crippen LogP contribution in [0.3, 0.4) is 0 Å². The van der Waals surface area contributed by atoms with E-state index in [0.29, 0.717) is 5.56 Å². The summed E-state index contributed by atoms with van der Waals surface area (Å²) in [5.41, 5.74) is 0.372. The number of amides is 1. The van der Waals surface area contributed by atoms with Crippen LogP contribution in [0.1, 0.15) is 12.0 Å². The van der Waals surface area contributed by atoms with Crippen LogP contribution in [0.4, 0.5) is 4.39 Å². The van der Waals surface area contributed by atoms with Crippen LogP contribution in [0.5, 0.6) is 5.75 Å². The lowest BCUT2D eigenvalue weighted by Gasteiger charge is -2.10. The number of aliphatic hydroxyl groups excluding tert-OH is 1. The molecule has 16 heavy (non-hydrogen) atoms. The molecule has 4 nitrogen and oxygen atoms in total. The van der Waals surface area contributed by atoms with Crippen molar-refractivity contribution in [1.82, 2.24) is 5.32 Å². The number of hydrogen-bond acceptors (Lipinski definition) is 3. The van der Waals surface area contributed by atoms with Crippen LogP contribution in [0.15, 0.2) is 18.2 Å². The van der Waals surface area contributed by atoms with Gasteiger partial charge in [0.05, 0.1) is 19.6 Å². The number of aliphatic hydroxyl groups is 1. The zero-order valence-corrected chi connectivity index (χ0v) is 9.00. The van der Waals surface area contributed by atoms with E-state index in [1.807, 2.05) is 0 Å². The van der Waals surface area contributed by atoms with Crippen molar-refractivity contribution >= 4 is 5.91 Å². The van der Waals surface area contributed by atoms with E-state index in [2.05, 4.69) is 5.32 Å². The summed E-state index contributed by atoms with van der Waals surface area (Å²) in [5.74, 6) is -0.709. The Hall–Kier alpha value is -1.62. The normalized spacial score (nSPS) is 9.94. The van der Waals surface area contributed by atoms with Crippen LogP contribution in [0.25, 0.3) is 0 Å². The van der Waals surface area contributed by atoms with Gasteiger partial charge >= 0.3 is 0 Å². The number of nitrogens with one attached hydrogen (secondary N) is 1. The summed E-state index contributed by atoms with van der Waals surface area (Å²) in [5, 5.41) is 11.4. The van der Waals surface area contributed by atoms with Gasteiger partial charge in [0.2, 0.25) is 5.91 Å². The first-order valence-electron chi connectivity index (χ1n) is 4.90. The highest BCUT2D eigenvalue weighted by Crippen LogP contribution is 2.22. The number of para-hydroxylation sites is 1. The molecular formula is C11H14FNO3. The maximum absolute atomic E-state index is 13.3. The molecule has 0 aliphatic heterocycles. The summed E-state index contributed by atoms with van der Waals surface area (Å²) in [6.07, 6.45) is 0.149. The van der Waals surface area contributed by atoms with Crippen molar-refractivity contribution in [2.45, 2.75) is 13.0 Å². The number of carbonyl (C=O) groups excluding carboxylic acids is 1. The van der Waals surface area contributed by atoms with Gasteiger partial charge in [-0.25, -0.2) is 4.39 Å². The Morgan fingerprint density at radius 1 is 1.56 bits per heavy atom. The fourth-order valence-electron chi connectivity index (χ4n) is 1.21. The number of benzene rings is 1. The van der Waals surface area contributed by atoms with Gasteiger partial charge in [0, 0.05) is 12.6 Å². The SMILES string of the molecule is CNC(=O)CCOc1c(F)cccc1CO. The van der Waals surface area contributed by atoms with E-state index in [1.54, 1.807) is 6.07 Å². The Morgan fingerprint density at radius 3 is 2.94 bits per heavy atom. The minimum Gasteiger partial charge on any atom is -0.490 e. The first-order chi connectivity index (χ1) is 7.69. The molecular weight excluding hydrogens is 213 g/mol. The van der Waals surface area contributed by atoms with E-state index < -0.39 is 5.82 Å². The number of ether oxygens (including phenoxy) is 1. The van der Waals surface area contributed by atoms with E-state index in [0.717, 1.165) is 0 Å². The highest BCUT2D eigenvalue weighted by Gasteiger charge is 2.09. The zero-order chi connectivity index (χ0) is 12.0. The molecule has 0 saturated carbocycles. The minimum absolute atomic E-state index is 0.00824. The molecule has 0 spiro atoms. The quantitative estimate of drug-likeness (QED) is 0.783. The Kier molecular flexibility index (Phi) is 4.72. The van der Waals surface area contributed by atoms with Crippen molar-refractivity contribution in [3.8, 4) is 5.75 Å². The topological polar surface area (TPSA) is 58.6 Å². The molecule has 0 fully saturated rings. The lowest BCUT2D eigenvalue weighted by molar-refractivity contribution is -0.121. The number of rotatable bonds is 5. The Labute approximate surface area is 93.0 Å². The van der Waals surface area contributed by atoms with Crippen LogP contribution < -0.4 is 10.1 Å². The molecule has 1 aromatic carbocycles. The summed E-state index contributed by atoms with van der Waals surface area (Å²) < 4.78 is 18.4. The molecule has 0 radical (unpaired) electrons. The number of halogens is 1. The fourth-order valence-corrected chi connectivity index (χ4v) is 1.21. The van der Waals surface area contributed by atoms with Crippen LogP contribution in [-0.2, 0) is 11.4 Å². The summed E-state index contributed by atoms with van der Waals surface area (Å²) in [6.45, 7) is -0.222. The number of carbonyl (C=O) groups is 1. The van der Waals surface area contributed by atoms with Crippen LogP contribution in [0.2, 0.25) is 0 Å². The monoisotopic (exact) mass is 227 g/mol. The molecule has 1 rings (SSSR count). The molecule has 0 heterocycles. The Morgan fingerprint density at radius 2 is 2.31 bits per heavy atom. The van der Waals surface area contributed by atoms with Gasteiger partial charge in [-0.15, -0.1) is 0 Å². The smallest absolute Gasteiger partial charge is 0.223 e. The summed E-state index contributed by atoms with van der Waals surface area (Å²) in [4.78, 5) is 10.9. The second-order valence-corrected chi connectivity index (χ2v) is 3.16. The second-order valence-electron chi connectivity index (χ2n) is 3.16. The van der Waals surface area contributed by atoms with Gasteiger partial charge in [-0.05, 0) is 6.07 Å². The minimum atomic E-state index is -0.538. The van der Waals surface area contributed by atoms with Gasteiger partial charge in [-0.3, -0.25) is 4.79 Å². The van der Waals surface area contributed by atoms with E-state index in [-0.39, 0.29) is 31.3 Å². The van der Waals surface area contributed by atoms with Gasteiger partial charge in [0.25, 0.3) is 0 Å². The second kappa shape index (κ2) is 6.07. The third-order valence-electron chi connectivity index (χ3n) is 2.07. The molecule has 0 atom stereocenters. The predicted molar refractivity (Wildman–Crippen MR) is 56.5 cm³/mol. The van der Waals surface area contributed by atoms with E-state index in [4.69, 9.17) is 9.84 Å². The number of hydrogen-bond donors (Lipinski definition) is 2. The zero-order valence-electron chi connectivity index (χ0n) is 9.00. The van der Waals surface area contributed by atoms with Crippen LogP contribution >= 0.6 is 0 Å². The standard InChI is InChI=1S/C11H14FNO3/c1-13-10(15)5-6-16-11-8(7-14)3-2-4-9(11)12/h2-4,14H,5-7H2,1H3,(H,13,15). The molecule has 1 amide bonds. The molecule has 0 aromatic heterocycles. The molecule has 5 heteroatoms. The van der Waals surface area contributed by atoms with E-state index in [9.17, 15) is 9.18 Å². The van der Waals surface area contributed by atoms with Gasteiger partial charge in [0.15, 0.2) is 11.6 Å². The molecule has 2 N–H and O–H groups in total. The average Bonchev–Trinajstić information content (AvgIpc) is 2.30. The third-order valence-corrected chi connectivity index (χ3v) is 2.07. The maximum atomic E-state index is 13.3. The van der Waals surface area contributed by atoms with Crippen molar-refractivity contribution in [1.29, 1.82) is 0 Å². The highest BCUT2D eigenvalue weighted by atomic mass is 19.1. The third kappa shape index (κ3) is 3.20. The van der Waals surface area contributed by atoms with Crippen molar-refractivity contribution in [3.05, 3.63) is 29.6 Å². The molecule has 0 aliphatic carbocycles. The van der Waals surface area contributed by atoms with Gasteiger partial charge in [-0.2, -0.15) is 0 Å². The lowest BCUT2D eigenvalue weighted by Crippen LogP contribution is -2.20. The van der Waals surface area contributed by atoms with Crippen molar-refractivity contribution in [2.75, 3.05) is 13.7 Å². The Balaban J connectivity index is 2.62. The first kappa shape index (κ1) is 12.4. The summed E-state index contributed by atoms with van der Waals surface area (Å²) in [7, 11) is 1.52. The van der Waals surface area contributed by atoms with Crippen molar-refractivity contribution < 1.29 is 19.0 Å². The average molecular weight is 227 g/mol. The highest BCUT2D eigenvalue weighted by molar-refractivity contribution is 5.75. The lowest BCUT2D eigenvalue weighted by atomic mass is 10.2. The van der Waals surface area contributed by atoms with Gasteiger partial charge in [-0.1, -0.05) is 12.1 Å². The van der Waals surface area contributed by atoms with Crippen LogP contribution in [0, 0.1) is 5.82 Å². The Bertz CT molecular complexity index is 368. The maximum Gasteiger partial charge on any atom is 0.223 e. The van der Waals surface area contributed by atoms with Gasteiger partial charge in [0.1, 0.15) is 0 Å². The first-order valence-corrected chi connectivity index (χ1v) is 4.90. The summed E-state index contributed by atoms with van der Waals surface area (Å²) >= 11 is 0. The molecule has 88 valence electrons. The largest absolute Gasteiger partial charge is 0.490 e. The van der Waals surface area contributed by atoms with E-state index in [1.165, 1.54) is 19.2 Å². The molecule has 1 aromatic rings. The molecule has 0 aliphatic rings. The van der Waals surface area contributed by atoms with Crippen LogP contribution in [-0.4, -0.2) is 24.7 Å². The van der Waals surface area contributed by atoms with E-state index >= 15 is 0 Å². The summed E-state index contributed by atoms with van der Waals surface area (Å²) in [6, 6.07) is 4.30. The molecule has 0 bridgehead atoms. The molecule has 0 unspecified atom stereocenters. The molecule has 0 saturated heterocycles. The predicted octanol–water partition coefficient (Wildman–Crippen LogP) is 0.833.